The minimum absolute atomic E-state index is 0.0520. The summed E-state index contributed by atoms with van der Waals surface area (Å²) in [4.78, 5) is 0. The van der Waals surface area contributed by atoms with Crippen LogP contribution in [0.15, 0.2) is 29.4 Å². The van der Waals surface area contributed by atoms with Crippen molar-refractivity contribution in [2.75, 3.05) is 12.0 Å². The maximum atomic E-state index is 8.64. The summed E-state index contributed by atoms with van der Waals surface area (Å²) in [6.45, 7) is -0.0520. The van der Waals surface area contributed by atoms with Crippen LogP contribution in [0.4, 0.5) is 5.69 Å². The van der Waals surface area contributed by atoms with E-state index in [0.29, 0.717) is 11.4 Å². The molecule has 0 aliphatic heterocycles. The van der Waals surface area contributed by atoms with E-state index in [2.05, 4.69) is 10.5 Å². The van der Waals surface area contributed by atoms with E-state index in [0.717, 1.165) is 0 Å². The molecule has 90 valence electrons. The monoisotopic (exact) mass is 242 g/mol. The zero-order chi connectivity index (χ0) is 13.4. The lowest BCUT2D eigenvalue weighted by Gasteiger charge is -2.04. The molecule has 0 atom stereocenters. The number of hydrazone groups is 1. The molecule has 7 heteroatoms. The van der Waals surface area contributed by atoms with E-state index in [-0.39, 0.29) is 12.3 Å². The Morgan fingerprint density at radius 1 is 1.50 bits per heavy atom. The lowest BCUT2D eigenvalue weighted by Crippen LogP contribution is -2.21. The summed E-state index contributed by atoms with van der Waals surface area (Å²) >= 11 is 0. The molecule has 1 aromatic rings. The van der Waals surface area contributed by atoms with E-state index < -0.39 is 5.84 Å². The van der Waals surface area contributed by atoms with Gasteiger partial charge in [-0.3, -0.25) is 10.8 Å². The molecule has 0 aromatic heterocycles. The fourth-order valence-corrected chi connectivity index (χ4v) is 1.04. The van der Waals surface area contributed by atoms with E-state index in [4.69, 9.17) is 26.4 Å². The molecule has 0 unspecified atom stereocenters. The highest BCUT2D eigenvalue weighted by Gasteiger charge is 2.01. The lowest BCUT2D eigenvalue weighted by atomic mass is 10.3. The van der Waals surface area contributed by atoms with Gasteiger partial charge < -0.3 is 10.5 Å². The second-order valence-electron chi connectivity index (χ2n) is 3.07. The Morgan fingerprint density at radius 2 is 2.28 bits per heavy atom. The number of rotatable bonds is 5. The van der Waals surface area contributed by atoms with Gasteiger partial charge in [0.15, 0.2) is 12.4 Å². The Bertz CT molecular complexity index is 551. The fraction of sp³-hybridized carbons (Fsp3) is 0.0909. The fourth-order valence-electron chi connectivity index (χ4n) is 1.04. The summed E-state index contributed by atoms with van der Waals surface area (Å²) in [7, 11) is 0. The quantitative estimate of drug-likeness (QED) is 0.399. The third kappa shape index (κ3) is 3.83. The van der Waals surface area contributed by atoms with Gasteiger partial charge in [-0.15, -0.1) is 0 Å². The number of nitrogens with two attached hydrogens (primary N) is 1. The van der Waals surface area contributed by atoms with E-state index >= 15 is 0 Å². The molecular weight excluding hydrogens is 232 g/mol. The summed E-state index contributed by atoms with van der Waals surface area (Å²) in [5.74, 6) is 0.0833. The highest BCUT2D eigenvalue weighted by atomic mass is 16.5. The molecule has 1 rings (SSSR count). The van der Waals surface area contributed by atoms with E-state index in [1.165, 1.54) is 0 Å². The van der Waals surface area contributed by atoms with Crippen LogP contribution in [-0.2, 0) is 0 Å². The topological polar surface area (TPSA) is 131 Å². The van der Waals surface area contributed by atoms with Crippen molar-refractivity contribution in [1.82, 2.24) is 0 Å². The molecule has 0 saturated carbocycles. The number of nitrogens with one attached hydrogen (secondary N) is 2. The third-order valence-corrected chi connectivity index (χ3v) is 1.80. The molecule has 18 heavy (non-hydrogen) atoms. The van der Waals surface area contributed by atoms with Crippen LogP contribution in [0.1, 0.15) is 0 Å². The molecule has 0 bridgehead atoms. The summed E-state index contributed by atoms with van der Waals surface area (Å²) < 4.78 is 5.09. The van der Waals surface area contributed by atoms with Crippen molar-refractivity contribution in [3.05, 3.63) is 24.3 Å². The number of ether oxygens (including phenoxy) is 1. The predicted molar refractivity (Wildman–Crippen MR) is 66.1 cm³/mol. The molecule has 7 nitrogen and oxygen atoms in total. The number of benzene rings is 1. The Labute approximate surface area is 104 Å². The van der Waals surface area contributed by atoms with Crippen molar-refractivity contribution < 1.29 is 4.74 Å². The van der Waals surface area contributed by atoms with Gasteiger partial charge in [-0.2, -0.15) is 15.6 Å². The van der Waals surface area contributed by atoms with Gasteiger partial charge in [0.2, 0.25) is 5.71 Å². The first-order chi connectivity index (χ1) is 8.67. The van der Waals surface area contributed by atoms with Gasteiger partial charge in [-0.1, -0.05) is 6.07 Å². The van der Waals surface area contributed by atoms with E-state index in [1.54, 1.807) is 30.3 Å². The number of hydrogen-bond acceptors (Lipinski definition) is 6. The molecule has 0 fully saturated rings. The lowest BCUT2D eigenvalue weighted by molar-refractivity contribution is 0.368. The van der Waals surface area contributed by atoms with Gasteiger partial charge in [0.1, 0.15) is 17.9 Å². The third-order valence-electron chi connectivity index (χ3n) is 1.80. The van der Waals surface area contributed by atoms with Crippen LogP contribution in [-0.4, -0.2) is 18.2 Å². The van der Waals surface area contributed by atoms with Crippen molar-refractivity contribution in [2.24, 2.45) is 10.8 Å². The van der Waals surface area contributed by atoms with Crippen LogP contribution >= 0.6 is 0 Å². The number of nitrogens with zero attached hydrogens (tertiary/aromatic N) is 3. The Balaban J connectivity index is 2.77. The van der Waals surface area contributed by atoms with Crippen LogP contribution in [0, 0.1) is 28.1 Å². The number of nitriles is 2. The molecule has 0 spiro atoms. The predicted octanol–water partition coefficient (Wildman–Crippen LogP) is 0.816. The van der Waals surface area contributed by atoms with Gasteiger partial charge in [-0.05, 0) is 12.1 Å². The largest absolute Gasteiger partial charge is 0.479 e. The highest BCUT2D eigenvalue weighted by molar-refractivity contribution is 6.45. The standard InChI is InChI=1S/C11H10N6O/c12-4-5-18-9-3-1-2-8(6-9)16-17-10(7-13)11(14)15/h1-3,6,16H,5H2,(H3,14,15)/b17-10+. The minimum Gasteiger partial charge on any atom is -0.479 e. The van der Waals surface area contributed by atoms with Gasteiger partial charge >= 0.3 is 0 Å². The van der Waals surface area contributed by atoms with Crippen molar-refractivity contribution in [3.8, 4) is 17.9 Å². The summed E-state index contributed by atoms with van der Waals surface area (Å²) in [5.41, 5.74) is 8.06. The molecule has 0 radical (unpaired) electrons. The first-order valence-electron chi connectivity index (χ1n) is 4.85. The van der Waals surface area contributed by atoms with Crippen LogP contribution in [0.2, 0.25) is 0 Å². The van der Waals surface area contributed by atoms with Crippen molar-refractivity contribution in [1.29, 1.82) is 15.9 Å². The molecule has 0 saturated heterocycles. The molecular formula is C11H10N6O. The molecule has 0 amide bonds. The Kier molecular flexibility index (Phi) is 4.70. The number of anilines is 1. The van der Waals surface area contributed by atoms with E-state index in [1.807, 2.05) is 6.07 Å². The van der Waals surface area contributed by atoms with Crippen LogP contribution in [0.25, 0.3) is 0 Å². The number of hydrogen-bond donors (Lipinski definition) is 3. The van der Waals surface area contributed by atoms with Crippen LogP contribution in [0.3, 0.4) is 0 Å². The molecule has 4 N–H and O–H groups in total. The Morgan fingerprint density at radius 3 is 2.89 bits per heavy atom. The van der Waals surface area contributed by atoms with Crippen LogP contribution < -0.4 is 15.9 Å². The van der Waals surface area contributed by atoms with Crippen molar-refractivity contribution in [3.63, 3.8) is 0 Å². The maximum Gasteiger partial charge on any atom is 0.201 e. The molecule has 0 heterocycles. The SMILES string of the molecule is N#CCOc1cccc(N/N=C(\C#N)C(=N)N)c1. The zero-order valence-corrected chi connectivity index (χ0v) is 9.34. The maximum absolute atomic E-state index is 8.64. The van der Waals surface area contributed by atoms with Crippen molar-refractivity contribution in [2.45, 2.75) is 0 Å². The Hall–Kier alpha value is -3.06. The van der Waals surface area contributed by atoms with Gasteiger partial charge in [0.05, 0.1) is 5.69 Å². The van der Waals surface area contributed by atoms with Gasteiger partial charge in [0.25, 0.3) is 0 Å². The summed E-state index contributed by atoms with van der Waals surface area (Å²) in [6.07, 6.45) is 0. The average molecular weight is 242 g/mol. The van der Waals surface area contributed by atoms with Gasteiger partial charge in [0, 0.05) is 6.07 Å². The van der Waals surface area contributed by atoms with Crippen molar-refractivity contribution >= 4 is 17.2 Å². The van der Waals surface area contributed by atoms with Crippen LogP contribution in [0.5, 0.6) is 5.75 Å². The van der Waals surface area contributed by atoms with E-state index in [9.17, 15) is 0 Å². The second kappa shape index (κ2) is 6.51. The first kappa shape index (κ1) is 13.0. The molecule has 0 aliphatic carbocycles. The normalized spacial score (nSPS) is 10.0. The molecule has 1 aromatic carbocycles. The number of amidine groups is 1. The average Bonchev–Trinajstić information content (AvgIpc) is 2.37. The summed E-state index contributed by atoms with van der Waals surface area (Å²) in [5, 5.41) is 27.8. The van der Waals surface area contributed by atoms with Gasteiger partial charge in [-0.25, -0.2) is 0 Å². The smallest absolute Gasteiger partial charge is 0.201 e. The zero-order valence-electron chi connectivity index (χ0n) is 9.34. The minimum atomic E-state index is -0.415. The second-order valence-corrected chi connectivity index (χ2v) is 3.07. The first-order valence-corrected chi connectivity index (χ1v) is 4.85. The highest BCUT2D eigenvalue weighted by Crippen LogP contribution is 2.17. The summed E-state index contributed by atoms with van der Waals surface area (Å²) in [6, 6.07) is 10.2. The molecule has 0 aliphatic rings.